The van der Waals surface area contributed by atoms with E-state index in [-0.39, 0.29) is 17.9 Å². The van der Waals surface area contributed by atoms with Crippen molar-refractivity contribution in [2.24, 2.45) is 11.7 Å². The zero-order valence-corrected chi connectivity index (χ0v) is 14.3. The molecule has 0 bridgehead atoms. The van der Waals surface area contributed by atoms with Gasteiger partial charge in [-0.1, -0.05) is 13.8 Å². The Morgan fingerprint density at radius 3 is 2.74 bits per heavy atom. The Balaban J connectivity index is 2.06. The zero-order valence-electron chi connectivity index (χ0n) is 14.3. The van der Waals surface area contributed by atoms with Gasteiger partial charge in [0.25, 0.3) is 5.91 Å². The number of carbonyl (C=O) groups excluding carboxylic acids is 2. The summed E-state index contributed by atoms with van der Waals surface area (Å²) in [6, 6.07) is 5.50. The van der Waals surface area contributed by atoms with Gasteiger partial charge in [0.2, 0.25) is 5.91 Å². The van der Waals surface area contributed by atoms with Crippen molar-refractivity contribution in [3.8, 4) is 0 Å². The number of rotatable bonds is 4. The van der Waals surface area contributed by atoms with E-state index in [1.165, 1.54) is 0 Å². The third kappa shape index (κ3) is 4.79. The lowest BCUT2D eigenvalue weighted by molar-refractivity contribution is -0.116. The summed E-state index contributed by atoms with van der Waals surface area (Å²) in [6.45, 7) is 7.31. The Bertz CT molecular complexity index is 584. The Morgan fingerprint density at radius 1 is 1.39 bits per heavy atom. The molecular weight excluding hydrogens is 290 g/mol. The van der Waals surface area contributed by atoms with Crippen LogP contribution in [-0.2, 0) is 4.79 Å². The SMILES string of the molecule is Cc1cc(C(=O)N2CCCC(N)C2)ccc1NC(=O)CC(C)C. The molecule has 1 unspecified atom stereocenters. The van der Waals surface area contributed by atoms with Gasteiger partial charge in [-0.05, 0) is 49.4 Å². The van der Waals surface area contributed by atoms with Gasteiger partial charge in [0.05, 0.1) is 0 Å². The van der Waals surface area contributed by atoms with Crippen molar-refractivity contribution in [2.45, 2.75) is 46.1 Å². The minimum Gasteiger partial charge on any atom is -0.337 e. The van der Waals surface area contributed by atoms with Crippen LogP contribution in [0.1, 0.15) is 49.0 Å². The van der Waals surface area contributed by atoms with Crippen molar-refractivity contribution in [1.82, 2.24) is 4.90 Å². The van der Waals surface area contributed by atoms with Crippen molar-refractivity contribution >= 4 is 17.5 Å². The van der Waals surface area contributed by atoms with Gasteiger partial charge in [-0.2, -0.15) is 0 Å². The summed E-state index contributed by atoms with van der Waals surface area (Å²) < 4.78 is 0. The second kappa shape index (κ2) is 7.59. The number of benzene rings is 1. The van der Waals surface area contributed by atoms with Gasteiger partial charge in [0, 0.05) is 36.8 Å². The monoisotopic (exact) mass is 317 g/mol. The Labute approximate surface area is 138 Å². The van der Waals surface area contributed by atoms with Crippen LogP contribution < -0.4 is 11.1 Å². The minimum absolute atomic E-state index is 0.00387. The number of aryl methyl sites for hydroxylation is 1. The summed E-state index contributed by atoms with van der Waals surface area (Å²) >= 11 is 0. The molecule has 1 aliphatic heterocycles. The predicted molar refractivity (Wildman–Crippen MR) is 92.4 cm³/mol. The lowest BCUT2D eigenvalue weighted by Crippen LogP contribution is -2.45. The molecule has 1 fully saturated rings. The largest absolute Gasteiger partial charge is 0.337 e. The van der Waals surface area contributed by atoms with Crippen LogP contribution in [0.15, 0.2) is 18.2 Å². The van der Waals surface area contributed by atoms with Crippen molar-refractivity contribution in [2.75, 3.05) is 18.4 Å². The number of nitrogens with one attached hydrogen (secondary N) is 1. The number of nitrogens with two attached hydrogens (primary N) is 1. The van der Waals surface area contributed by atoms with Crippen LogP contribution in [0.25, 0.3) is 0 Å². The van der Waals surface area contributed by atoms with Gasteiger partial charge in [-0.15, -0.1) is 0 Å². The number of carbonyl (C=O) groups is 2. The Hall–Kier alpha value is -1.88. The normalized spacial score (nSPS) is 18.1. The maximum absolute atomic E-state index is 12.6. The van der Waals surface area contributed by atoms with E-state index in [4.69, 9.17) is 5.73 Å². The molecule has 1 aromatic rings. The average Bonchev–Trinajstić information content (AvgIpc) is 2.47. The summed E-state index contributed by atoms with van der Waals surface area (Å²) in [7, 11) is 0. The van der Waals surface area contributed by atoms with Crippen molar-refractivity contribution in [3.63, 3.8) is 0 Å². The molecule has 1 atom stereocenters. The van der Waals surface area contributed by atoms with E-state index in [0.717, 1.165) is 30.6 Å². The van der Waals surface area contributed by atoms with E-state index in [9.17, 15) is 9.59 Å². The first-order valence-corrected chi connectivity index (χ1v) is 8.32. The van der Waals surface area contributed by atoms with Gasteiger partial charge in [0.1, 0.15) is 0 Å². The van der Waals surface area contributed by atoms with Gasteiger partial charge in [-0.25, -0.2) is 0 Å². The molecule has 1 saturated heterocycles. The molecule has 2 rings (SSSR count). The highest BCUT2D eigenvalue weighted by Gasteiger charge is 2.22. The maximum atomic E-state index is 12.6. The summed E-state index contributed by atoms with van der Waals surface area (Å²) in [4.78, 5) is 26.3. The molecular formula is C18H27N3O2. The number of anilines is 1. The lowest BCUT2D eigenvalue weighted by atomic mass is 10.0. The molecule has 3 N–H and O–H groups in total. The fourth-order valence-corrected chi connectivity index (χ4v) is 2.89. The van der Waals surface area contributed by atoms with Crippen LogP contribution in [0.5, 0.6) is 0 Å². The first kappa shape index (κ1) is 17.5. The molecule has 5 heteroatoms. The van der Waals surface area contributed by atoms with Crippen LogP contribution in [0, 0.1) is 12.8 Å². The Kier molecular flexibility index (Phi) is 5.77. The van der Waals surface area contributed by atoms with E-state index in [2.05, 4.69) is 5.32 Å². The molecule has 2 amide bonds. The first-order valence-electron chi connectivity index (χ1n) is 8.32. The van der Waals surface area contributed by atoms with Crippen LogP contribution in [0.2, 0.25) is 0 Å². The lowest BCUT2D eigenvalue weighted by Gasteiger charge is -2.31. The predicted octanol–water partition coefficient (Wildman–Crippen LogP) is 2.54. The topological polar surface area (TPSA) is 75.4 Å². The van der Waals surface area contributed by atoms with Gasteiger partial charge >= 0.3 is 0 Å². The minimum atomic E-state index is 0.00387. The van der Waals surface area contributed by atoms with E-state index < -0.39 is 0 Å². The fourth-order valence-electron chi connectivity index (χ4n) is 2.89. The second-order valence-corrected chi connectivity index (χ2v) is 6.83. The third-order valence-corrected chi connectivity index (χ3v) is 4.09. The molecule has 0 spiro atoms. The van der Waals surface area contributed by atoms with Crippen molar-refractivity contribution in [3.05, 3.63) is 29.3 Å². The number of amides is 2. The molecule has 1 heterocycles. The summed E-state index contributed by atoms with van der Waals surface area (Å²) in [5.41, 5.74) is 8.26. The van der Waals surface area contributed by atoms with E-state index in [1.54, 1.807) is 6.07 Å². The molecule has 0 saturated carbocycles. The van der Waals surface area contributed by atoms with Crippen molar-refractivity contribution < 1.29 is 9.59 Å². The summed E-state index contributed by atoms with van der Waals surface area (Å²) in [6.07, 6.45) is 2.42. The van der Waals surface area contributed by atoms with Gasteiger partial charge in [0.15, 0.2) is 0 Å². The quantitative estimate of drug-likeness (QED) is 0.896. The maximum Gasteiger partial charge on any atom is 0.253 e. The number of likely N-dealkylation sites (tertiary alicyclic amines) is 1. The number of hydrogen-bond acceptors (Lipinski definition) is 3. The van der Waals surface area contributed by atoms with Crippen LogP contribution in [0.3, 0.4) is 0 Å². The van der Waals surface area contributed by atoms with Gasteiger partial charge in [-0.3, -0.25) is 9.59 Å². The van der Waals surface area contributed by atoms with E-state index >= 15 is 0 Å². The van der Waals surface area contributed by atoms with Crippen LogP contribution in [0.4, 0.5) is 5.69 Å². The summed E-state index contributed by atoms with van der Waals surface area (Å²) in [5.74, 6) is 0.340. The first-order chi connectivity index (χ1) is 10.9. The number of piperidine rings is 1. The van der Waals surface area contributed by atoms with Crippen LogP contribution >= 0.6 is 0 Å². The molecule has 0 aromatic heterocycles. The zero-order chi connectivity index (χ0) is 17.0. The highest BCUT2D eigenvalue weighted by atomic mass is 16.2. The van der Waals surface area contributed by atoms with Crippen molar-refractivity contribution in [1.29, 1.82) is 0 Å². The average molecular weight is 317 g/mol. The molecule has 5 nitrogen and oxygen atoms in total. The standard InChI is InChI=1S/C18H27N3O2/c1-12(2)9-17(22)20-16-7-6-14(10-13(16)3)18(23)21-8-4-5-15(19)11-21/h6-7,10,12,15H,4-5,8-9,11,19H2,1-3H3,(H,20,22). The number of nitrogens with zero attached hydrogens (tertiary/aromatic N) is 1. The third-order valence-electron chi connectivity index (χ3n) is 4.09. The smallest absolute Gasteiger partial charge is 0.253 e. The van der Waals surface area contributed by atoms with E-state index in [1.807, 2.05) is 37.8 Å². The molecule has 0 radical (unpaired) electrons. The molecule has 126 valence electrons. The second-order valence-electron chi connectivity index (χ2n) is 6.83. The summed E-state index contributed by atoms with van der Waals surface area (Å²) in [5, 5.41) is 2.91. The highest BCUT2D eigenvalue weighted by molar-refractivity contribution is 5.96. The number of hydrogen-bond donors (Lipinski definition) is 2. The Morgan fingerprint density at radius 2 is 2.13 bits per heavy atom. The molecule has 0 aliphatic carbocycles. The van der Waals surface area contributed by atoms with Gasteiger partial charge < -0.3 is 16.0 Å². The van der Waals surface area contributed by atoms with E-state index in [0.29, 0.717) is 24.4 Å². The molecule has 1 aromatic carbocycles. The van der Waals surface area contributed by atoms with Crippen LogP contribution in [-0.4, -0.2) is 35.8 Å². The fraction of sp³-hybridized carbons (Fsp3) is 0.556. The molecule has 1 aliphatic rings. The molecule has 23 heavy (non-hydrogen) atoms. The highest BCUT2D eigenvalue weighted by Crippen LogP contribution is 2.20.